The molecule has 0 aliphatic carbocycles. The van der Waals surface area contributed by atoms with E-state index >= 15 is 0 Å². The van der Waals surface area contributed by atoms with E-state index in [9.17, 15) is 9.18 Å². The molecule has 6 heteroatoms. The first-order chi connectivity index (χ1) is 15.0. The SMILES string of the molecule is Cc1ccc(-c2n[nH]c3c2C(c2ccccc2Cl)N(Cc2ccc(F)cc2)C3=O)cc1. The maximum Gasteiger partial charge on any atom is 0.273 e. The number of rotatable bonds is 4. The Morgan fingerprint density at radius 2 is 1.74 bits per heavy atom. The van der Waals surface area contributed by atoms with Crippen molar-refractivity contribution in [3.05, 3.63) is 112 Å². The highest BCUT2D eigenvalue weighted by molar-refractivity contribution is 6.31. The number of nitrogens with one attached hydrogen (secondary N) is 1. The number of aromatic amines is 1. The zero-order valence-electron chi connectivity index (χ0n) is 16.8. The molecular weight excluding hydrogens is 413 g/mol. The van der Waals surface area contributed by atoms with Crippen LogP contribution in [0.3, 0.4) is 0 Å². The van der Waals surface area contributed by atoms with Crippen molar-refractivity contribution in [3.8, 4) is 11.3 Å². The standard InChI is InChI=1S/C25H19ClFN3O/c1-15-6-10-17(11-7-15)22-21-23(29-28-22)25(31)30(14-16-8-12-18(27)13-9-16)24(21)19-4-2-3-5-20(19)26/h2-13,24H,14H2,1H3,(H,28,29). The van der Waals surface area contributed by atoms with Crippen LogP contribution in [0.4, 0.5) is 4.39 Å². The van der Waals surface area contributed by atoms with Gasteiger partial charge >= 0.3 is 0 Å². The fourth-order valence-corrected chi connectivity index (χ4v) is 4.34. The van der Waals surface area contributed by atoms with Crippen LogP contribution in [0, 0.1) is 12.7 Å². The van der Waals surface area contributed by atoms with E-state index in [0.29, 0.717) is 17.3 Å². The minimum atomic E-state index is -0.406. The lowest BCUT2D eigenvalue weighted by molar-refractivity contribution is 0.0730. The van der Waals surface area contributed by atoms with E-state index in [4.69, 9.17) is 11.6 Å². The normalized spacial score (nSPS) is 15.4. The van der Waals surface area contributed by atoms with Crippen LogP contribution in [-0.2, 0) is 6.54 Å². The quantitative estimate of drug-likeness (QED) is 0.435. The number of hydrogen-bond acceptors (Lipinski definition) is 2. The molecule has 31 heavy (non-hydrogen) atoms. The van der Waals surface area contributed by atoms with Crippen molar-refractivity contribution < 1.29 is 9.18 Å². The number of amides is 1. The van der Waals surface area contributed by atoms with Crippen LogP contribution in [0.5, 0.6) is 0 Å². The van der Waals surface area contributed by atoms with E-state index < -0.39 is 6.04 Å². The minimum Gasteiger partial charge on any atom is -0.322 e. The average molecular weight is 432 g/mol. The van der Waals surface area contributed by atoms with Crippen LogP contribution in [0.1, 0.15) is 38.8 Å². The van der Waals surface area contributed by atoms with Gasteiger partial charge in [-0.25, -0.2) is 4.39 Å². The molecule has 5 rings (SSSR count). The lowest BCUT2D eigenvalue weighted by Crippen LogP contribution is -2.29. The second kappa shape index (κ2) is 7.67. The third kappa shape index (κ3) is 3.41. The molecule has 0 fully saturated rings. The summed E-state index contributed by atoms with van der Waals surface area (Å²) in [6.45, 7) is 2.35. The van der Waals surface area contributed by atoms with Gasteiger partial charge in [0.25, 0.3) is 5.91 Å². The highest BCUT2D eigenvalue weighted by Gasteiger charge is 2.42. The molecule has 1 aliphatic rings. The number of nitrogens with zero attached hydrogens (tertiary/aromatic N) is 2. The van der Waals surface area contributed by atoms with Crippen molar-refractivity contribution in [2.75, 3.05) is 0 Å². The molecular formula is C25H19ClFN3O. The Kier molecular flexibility index (Phi) is 4.83. The van der Waals surface area contributed by atoms with Gasteiger partial charge in [-0.3, -0.25) is 9.89 Å². The number of fused-ring (bicyclic) bond motifs is 1. The summed E-state index contributed by atoms with van der Waals surface area (Å²) in [5.74, 6) is -0.467. The minimum absolute atomic E-state index is 0.157. The van der Waals surface area contributed by atoms with Crippen molar-refractivity contribution in [1.82, 2.24) is 15.1 Å². The second-order valence-electron chi connectivity index (χ2n) is 7.71. The summed E-state index contributed by atoms with van der Waals surface area (Å²) in [5.41, 5.74) is 5.74. The fourth-order valence-electron chi connectivity index (χ4n) is 4.10. The predicted octanol–water partition coefficient (Wildman–Crippen LogP) is 5.92. The highest BCUT2D eigenvalue weighted by Crippen LogP contribution is 2.45. The second-order valence-corrected chi connectivity index (χ2v) is 8.12. The molecule has 1 amide bonds. The Morgan fingerprint density at radius 1 is 1.03 bits per heavy atom. The van der Waals surface area contributed by atoms with Gasteiger partial charge in [-0.1, -0.05) is 71.8 Å². The molecule has 0 saturated heterocycles. The van der Waals surface area contributed by atoms with Gasteiger partial charge in [0.05, 0.1) is 11.7 Å². The Labute approximate surface area is 184 Å². The monoisotopic (exact) mass is 431 g/mol. The molecule has 2 heterocycles. The molecule has 4 aromatic rings. The summed E-state index contributed by atoms with van der Waals surface area (Å²) < 4.78 is 13.4. The van der Waals surface area contributed by atoms with Gasteiger partial charge in [-0.05, 0) is 36.2 Å². The summed E-state index contributed by atoms with van der Waals surface area (Å²) >= 11 is 6.58. The molecule has 1 aliphatic heterocycles. The molecule has 1 unspecified atom stereocenters. The van der Waals surface area contributed by atoms with Crippen LogP contribution in [0.2, 0.25) is 5.02 Å². The third-order valence-corrected chi connectivity index (χ3v) is 6.00. The maximum atomic E-state index is 13.4. The fraction of sp³-hybridized carbons (Fsp3) is 0.120. The number of H-pyrrole nitrogens is 1. The molecule has 0 saturated carbocycles. The maximum absolute atomic E-state index is 13.4. The van der Waals surface area contributed by atoms with Gasteiger partial charge in [0, 0.05) is 22.7 Å². The zero-order valence-corrected chi connectivity index (χ0v) is 17.5. The first-order valence-electron chi connectivity index (χ1n) is 9.98. The topological polar surface area (TPSA) is 49.0 Å². The first-order valence-corrected chi connectivity index (χ1v) is 10.4. The van der Waals surface area contributed by atoms with Crippen LogP contribution < -0.4 is 0 Å². The number of halogens is 2. The van der Waals surface area contributed by atoms with Crippen LogP contribution in [0.15, 0.2) is 72.8 Å². The third-order valence-electron chi connectivity index (χ3n) is 5.65. The molecule has 4 nitrogen and oxygen atoms in total. The van der Waals surface area contributed by atoms with E-state index in [0.717, 1.165) is 33.5 Å². The van der Waals surface area contributed by atoms with Crippen LogP contribution >= 0.6 is 11.6 Å². The molecule has 0 radical (unpaired) electrons. The van der Waals surface area contributed by atoms with Gasteiger partial charge in [0.2, 0.25) is 0 Å². The van der Waals surface area contributed by atoms with Crippen molar-refractivity contribution in [3.63, 3.8) is 0 Å². The number of aromatic nitrogens is 2. The number of carbonyl (C=O) groups is 1. The van der Waals surface area contributed by atoms with Gasteiger partial charge in [-0.15, -0.1) is 0 Å². The largest absolute Gasteiger partial charge is 0.322 e. The summed E-state index contributed by atoms with van der Waals surface area (Å²) in [7, 11) is 0. The van der Waals surface area contributed by atoms with Gasteiger partial charge in [-0.2, -0.15) is 5.10 Å². The summed E-state index contributed by atoms with van der Waals surface area (Å²) in [4.78, 5) is 15.2. The summed E-state index contributed by atoms with van der Waals surface area (Å²) in [6.07, 6.45) is 0. The molecule has 1 atom stereocenters. The van der Waals surface area contributed by atoms with E-state index in [1.54, 1.807) is 17.0 Å². The number of hydrogen-bond donors (Lipinski definition) is 1. The Bertz CT molecular complexity index is 1260. The van der Waals surface area contributed by atoms with Gasteiger partial charge in [0.15, 0.2) is 0 Å². The van der Waals surface area contributed by atoms with Crippen molar-refractivity contribution >= 4 is 17.5 Å². The van der Waals surface area contributed by atoms with E-state index in [-0.39, 0.29) is 11.7 Å². The van der Waals surface area contributed by atoms with Crippen molar-refractivity contribution in [1.29, 1.82) is 0 Å². The van der Waals surface area contributed by atoms with E-state index in [2.05, 4.69) is 10.2 Å². The molecule has 3 aromatic carbocycles. The zero-order chi connectivity index (χ0) is 21.5. The summed E-state index contributed by atoms with van der Waals surface area (Å²) in [5, 5.41) is 8.01. The average Bonchev–Trinajstić information content (AvgIpc) is 3.31. The Balaban J connectivity index is 1.65. The van der Waals surface area contributed by atoms with Crippen LogP contribution in [0.25, 0.3) is 11.3 Å². The van der Waals surface area contributed by atoms with E-state index in [1.165, 1.54) is 12.1 Å². The van der Waals surface area contributed by atoms with Crippen molar-refractivity contribution in [2.24, 2.45) is 0 Å². The van der Waals surface area contributed by atoms with Gasteiger partial charge < -0.3 is 4.90 Å². The lowest BCUT2D eigenvalue weighted by atomic mass is 9.95. The van der Waals surface area contributed by atoms with Gasteiger partial charge in [0.1, 0.15) is 11.5 Å². The van der Waals surface area contributed by atoms with Crippen molar-refractivity contribution in [2.45, 2.75) is 19.5 Å². The Morgan fingerprint density at radius 3 is 2.45 bits per heavy atom. The Hall–Kier alpha value is -3.44. The number of aryl methyl sites for hydroxylation is 1. The molecule has 1 aromatic heterocycles. The smallest absolute Gasteiger partial charge is 0.273 e. The number of carbonyl (C=O) groups excluding carboxylic acids is 1. The predicted molar refractivity (Wildman–Crippen MR) is 118 cm³/mol. The lowest BCUT2D eigenvalue weighted by Gasteiger charge is -2.27. The molecule has 154 valence electrons. The van der Waals surface area contributed by atoms with E-state index in [1.807, 2.05) is 55.5 Å². The summed E-state index contributed by atoms with van der Waals surface area (Å²) in [6, 6.07) is 21.4. The first kappa shape index (κ1) is 19.5. The molecule has 1 N–H and O–H groups in total. The molecule has 0 spiro atoms. The number of benzene rings is 3. The van der Waals surface area contributed by atoms with Crippen LogP contribution in [-0.4, -0.2) is 21.0 Å². The molecule has 0 bridgehead atoms. The highest BCUT2D eigenvalue weighted by atomic mass is 35.5.